The van der Waals surface area contributed by atoms with Gasteiger partial charge in [-0.1, -0.05) is 121 Å². The quantitative estimate of drug-likeness (QED) is 0.0192. The van der Waals surface area contributed by atoms with Crippen LogP contribution in [0, 0.1) is 0 Å². The zero-order chi connectivity index (χ0) is 58.7. The van der Waals surface area contributed by atoms with Gasteiger partial charge in [0.15, 0.2) is 0 Å². The summed E-state index contributed by atoms with van der Waals surface area (Å²) in [4.78, 5) is 113. The maximum atomic E-state index is 15.1. The van der Waals surface area contributed by atoms with Gasteiger partial charge in [-0.15, -0.1) is 0 Å². The lowest BCUT2D eigenvalue weighted by molar-refractivity contribution is -0.153. The topological polar surface area (TPSA) is 249 Å². The molecular weight excluding hydrogens is 1020 g/mol. The number of nitrogens with zero attached hydrogens (tertiary/aromatic N) is 1. The Bertz CT molecular complexity index is 2600. The lowest BCUT2D eigenvalue weighted by Crippen LogP contribution is -2.63. The molecule has 0 spiro atoms. The van der Waals surface area contributed by atoms with Crippen LogP contribution >= 0.6 is 0 Å². The van der Waals surface area contributed by atoms with Gasteiger partial charge in [0.2, 0.25) is 23.6 Å². The van der Waals surface area contributed by atoms with Gasteiger partial charge in [0.1, 0.15) is 46.0 Å². The number of unbranched alkanes of at least 4 members (excludes halogenated alkanes) is 1. The highest BCUT2D eigenvalue weighted by Gasteiger charge is 2.47. The highest BCUT2D eigenvalue weighted by atomic mass is 16.6. The molecule has 3 unspecified atom stereocenters. The molecule has 0 aliphatic carbocycles. The summed E-state index contributed by atoms with van der Waals surface area (Å²) >= 11 is 0. The molecule has 80 heavy (non-hydrogen) atoms. The number of rotatable bonds is 22. The summed E-state index contributed by atoms with van der Waals surface area (Å²) in [5.74, 6) is -3.30. The zero-order valence-electron chi connectivity index (χ0n) is 47.9. The molecule has 4 aromatic carbocycles. The summed E-state index contributed by atoms with van der Waals surface area (Å²) in [6.07, 6.45) is -2.29. The normalized spacial score (nSPS) is 14.6. The average Bonchev–Trinajstić information content (AvgIpc) is 3.39. The Morgan fingerprint density at radius 1 is 0.537 bits per heavy atom. The molecule has 1 saturated heterocycles. The van der Waals surface area contributed by atoms with Crippen LogP contribution in [0.3, 0.4) is 0 Å². The van der Waals surface area contributed by atoms with Crippen LogP contribution in [-0.4, -0.2) is 120 Å². The van der Waals surface area contributed by atoms with Crippen molar-refractivity contribution in [1.29, 1.82) is 0 Å². The lowest BCUT2D eigenvalue weighted by Gasteiger charge is -2.41. The first kappa shape index (κ1) is 62.9. The number of ether oxygens (including phenoxy) is 4. The molecule has 0 aromatic heterocycles. The minimum absolute atomic E-state index is 0.00224. The molecule has 0 bridgehead atoms. The van der Waals surface area contributed by atoms with Crippen LogP contribution in [0.5, 0.6) is 0 Å². The number of esters is 1. The Balaban J connectivity index is 1.49. The van der Waals surface area contributed by atoms with Gasteiger partial charge in [-0.25, -0.2) is 19.2 Å². The van der Waals surface area contributed by atoms with Crippen molar-refractivity contribution < 1.29 is 57.3 Å². The summed E-state index contributed by atoms with van der Waals surface area (Å²) in [5, 5.41) is 17.1. The predicted molar refractivity (Wildman–Crippen MR) is 302 cm³/mol. The van der Waals surface area contributed by atoms with Gasteiger partial charge in [-0.2, -0.15) is 0 Å². The molecule has 5 rings (SSSR count). The first-order chi connectivity index (χ1) is 37.7. The number of benzene rings is 4. The minimum Gasteiger partial charge on any atom is -0.467 e. The number of alkyl carbamates (subject to hydrolysis) is 3. The van der Waals surface area contributed by atoms with Gasteiger partial charge in [-0.3, -0.25) is 19.2 Å². The maximum absolute atomic E-state index is 15.1. The number of carbonyl (C=O) groups excluding carboxylic acids is 8. The van der Waals surface area contributed by atoms with Crippen molar-refractivity contribution in [1.82, 2.24) is 36.8 Å². The van der Waals surface area contributed by atoms with Crippen molar-refractivity contribution in [3.8, 4) is 0 Å². The van der Waals surface area contributed by atoms with E-state index in [1.807, 2.05) is 97.1 Å². The fourth-order valence-corrected chi connectivity index (χ4v) is 9.29. The molecule has 19 nitrogen and oxygen atoms in total. The third-order valence-corrected chi connectivity index (χ3v) is 13.0. The zero-order valence-corrected chi connectivity index (χ0v) is 47.9. The fraction of sp³-hybridized carbons (Fsp3) is 0.475. The lowest BCUT2D eigenvalue weighted by atomic mass is 9.77. The summed E-state index contributed by atoms with van der Waals surface area (Å²) in [6.45, 7) is 15.4. The molecule has 1 aliphatic rings. The second-order valence-electron chi connectivity index (χ2n) is 22.9. The van der Waals surface area contributed by atoms with Gasteiger partial charge >= 0.3 is 24.2 Å². The molecule has 0 radical (unpaired) electrons. The van der Waals surface area contributed by atoms with Crippen molar-refractivity contribution >= 4 is 47.9 Å². The van der Waals surface area contributed by atoms with Crippen LogP contribution < -0.4 is 31.9 Å². The van der Waals surface area contributed by atoms with E-state index >= 15 is 4.79 Å². The van der Waals surface area contributed by atoms with Gasteiger partial charge in [0.05, 0.1) is 7.11 Å². The third kappa shape index (κ3) is 19.1. The van der Waals surface area contributed by atoms with Crippen LogP contribution in [-0.2, 0) is 54.9 Å². The third-order valence-electron chi connectivity index (χ3n) is 13.0. The molecule has 3 atom stereocenters. The second-order valence-corrected chi connectivity index (χ2v) is 22.9. The summed E-state index contributed by atoms with van der Waals surface area (Å²) in [5.41, 5.74) is -2.30. The number of piperidine rings is 1. The molecule has 432 valence electrons. The van der Waals surface area contributed by atoms with Crippen LogP contribution in [0.2, 0.25) is 0 Å². The molecule has 1 fully saturated rings. The Kier molecular flexibility index (Phi) is 22.2. The van der Waals surface area contributed by atoms with E-state index in [0.29, 0.717) is 18.4 Å². The molecular formula is C61H81N7O12. The van der Waals surface area contributed by atoms with Crippen molar-refractivity contribution in [2.24, 2.45) is 0 Å². The molecule has 1 heterocycles. The molecule has 7 amide bonds. The number of methoxy groups -OCH3 is 1. The van der Waals surface area contributed by atoms with E-state index in [-0.39, 0.29) is 58.2 Å². The van der Waals surface area contributed by atoms with Gasteiger partial charge in [0, 0.05) is 32.5 Å². The maximum Gasteiger partial charge on any atom is 0.408 e. The van der Waals surface area contributed by atoms with E-state index in [0.717, 1.165) is 16.7 Å². The number of hydrogen-bond acceptors (Lipinski definition) is 12. The second kappa shape index (κ2) is 28.3. The first-order valence-corrected chi connectivity index (χ1v) is 27.2. The van der Waals surface area contributed by atoms with Crippen molar-refractivity contribution in [3.63, 3.8) is 0 Å². The number of amides is 7. The summed E-state index contributed by atoms with van der Waals surface area (Å²) in [7, 11) is 1.20. The Hall–Kier alpha value is -7.96. The molecule has 4 aromatic rings. The monoisotopic (exact) mass is 1100 g/mol. The van der Waals surface area contributed by atoms with Crippen molar-refractivity contribution in [3.05, 3.63) is 144 Å². The molecule has 1 aliphatic heterocycles. The average molecular weight is 1100 g/mol. The first-order valence-electron chi connectivity index (χ1n) is 27.2. The summed E-state index contributed by atoms with van der Waals surface area (Å²) in [6, 6.07) is 33.4. The van der Waals surface area contributed by atoms with E-state index in [4.69, 9.17) is 18.9 Å². The van der Waals surface area contributed by atoms with Crippen LogP contribution in [0.1, 0.15) is 130 Å². The van der Waals surface area contributed by atoms with Crippen molar-refractivity contribution in [2.45, 2.75) is 160 Å². The van der Waals surface area contributed by atoms with Crippen molar-refractivity contribution in [2.75, 3.05) is 26.7 Å². The summed E-state index contributed by atoms with van der Waals surface area (Å²) < 4.78 is 21.5. The predicted octanol–water partition coefficient (Wildman–Crippen LogP) is 7.73. The van der Waals surface area contributed by atoms with Crippen LogP contribution in [0.25, 0.3) is 0 Å². The molecule has 6 N–H and O–H groups in total. The van der Waals surface area contributed by atoms with E-state index in [1.54, 1.807) is 86.6 Å². The number of likely N-dealkylation sites (tertiary alicyclic amines) is 1. The minimum atomic E-state index is -1.53. The Labute approximate surface area is 470 Å². The highest BCUT2D eigenvalue weighted by molar-refractivity contribution is 5.95. The van der Waals surface area contributed by atoms with E-state index in [2.05, 4.69) is 31.9 Å². The molecule has 0 saturated carbocycles. The largest absolute Gasteiger partial charge is 0.467 e. The number of carbonyl (C=O) groups is 8. The SMILES string of the molecule is COC(=O)C1(NC(=O)OC(C)(C)C)CCN(C(=O)C(CCCCNC(=O)OC(C)(C)C)NC(=O)C(CCC(=O)NC(c2ccccc2)(c2ccccc2)c2ccccc2)NC(=O)C(Cc2ccccc2)NC(=O)OC(C)(C)C)CC1. The van der Waals surface area contributed by atoms with Crippen LogP contribution in [0.4, 0.5) is 14.4 Å². The fourth-order valence-electron chi connectivity index (χ4n) is 9.29. The Morgan fingerprint density at radius 3 is 1.48 bits per heavy atom. The van der Waals surface area contributed by atoms with Gasteiger partial charge < -0.3 is 55.7 Å². The number of hydrogen-bond donors (Lipinski definition) is 6. The standard InChI is InChI=1S/C61H81N7O12/c1-57(2,3)78-54(74)62-38-24-23-33-47(52(72)68-39-36-60(37-40-68,53(73)77-10)67-56(76)80-59(7,8)9)64-50(70)46(63-51(71)48(41-42-25-15-11-16-26-42)65-55(75)79-58(4,5)6)34-35-49(69)66-61(43-27-17-12-18-28-43,44-29-19-13-20-30-44)45-31-21-14-22-32-45/h11-22,25-32,46-48H,23-24,33-41H2,1-10H3,(H,62,74)(H,63,71)(H,64,70)(H,65,75)(H,66,69)(H,67,76). The van der Waals surface area contributed by atoms with Crippen LogP contribution in [0.15, 0.2) is 121 Å². The highest BCUT2D eigenvalue weighted by Crippen LogP contribution is 2.37. The Morgan fingerprint density at radius 2 is 0.988 bits per heavy atom. The number of nitrogens with one attached hydrogen (secondary N) is 6. The smallest absolute Gasteiger partial charge is 0.408 e. The van der Waals surface area contributed by atoms with E-state index in [1.165, 1.54) is 12.0 Å². The van der Waals surface area contributed by atoms with Gasteiger partial charge in [-0.05, 0) is 123 Å². The van der Waals surface area contributed by atoms with E-state index in [9.17, 15) is 33.6 Å². The molecule has 19 heteroatoms. The van der Waals surface area contributed by atoms with E-state index < -0.39 is 93.9 Å². The van der Waals surface area contributed by atoms with Gasteiger partial charge in [0.25, 0.3) is 0 Å².